The summed E-state index contributed by atoms with van der Waals surface area (Å²) in [5.41, 5.74) is 8.32. The standard InChI is InChI=1S/C10H15N3O/c1-7-3-4-8(6-11)5-9(7)13-10(14)12-2/h3-5H,6,11H2,1-2H3,(H2,12,13,14). The number of carbonyl (C=O) groups excluding carboxylic acids is 1. The van der Waals surface area contributed by atoms with Gasteiger partial charge in [0.1, 0.15) is 0 Å². The molecule has 4 N–H and O–H groups in total. The molecule has 0 atom stereocenters. The van der Waals surface area contributed by atoms with Gasteiger partial charge in [-0.25, -0.2) is 4.79 Å². The fourth-order valence-electron chi connectivity index (χ4n) is 1.12. The van der Waals surface area contributed by atoms with Gasteiger partial charge in [-0.2, -0.15) is 0 Å². The highest BCUT2D eigenvalue weighted by Crippen LogP contribution is 2.16. The summed E-state index contributed by atoms with van der Waals surface area (Å²) in [5.74, 6) is 0. The van der Waals surface area contributed by atoms with Crippen molar-refractivity contribution in [2.24, 2.45) is 5.73 Å². The van der Waals surface area contributed by atoms with Crippen LogP contribution in [0.1, 0.15) is 11.1 Å². The Morgan fingerprint density at radius 2 is 2.21 bits per heavy atom. The molecule has 1 rings (SSSR count). The number of rotatable bonds is 2. The maximum atomic E-state index is 11.1. The molecule has 0 fully saturated rings. The van der Waals surface area contributed by atoms with Crippen molar-refractivity contribution in [1.29, 1.82) is 0 Å². The van der Waals surface area contributed by atoms with Gasteiger partial charge in [-0.3, -0.25) is 0 Å². The SMILES string of the molecule is CNC(=O)Nc1cc(CN)ccc1C. The first-order chi connectivity index (χ1) is 6.67. The molecule has 0 unspecified atom stereocenters. The van der Waals surface area contributed by atoms with Gasteiger partial charge in [0.15, 0.2) is 0 Å². The summed E-state index contributed by atoms with van der Waals surface area (Å²) in [5, 5.41) is 5.23. The van der Waals surface area contributed by atoms with Gasteiger partial charge >= 0.3 is 6.03 Å². The number of hydrogen-bond donors (Lipinski definition) is 3. The number of benzene rings is 1. The lowest BCUT2D eigenvalue weighted by Gasteiger charge is -2.09. The molecule has 0 saturated heterocycles. The molecule has 0 heterocycles. The van der Waals surface area contributed by atoms with Crippen LogP contribution >= 0.6 is 0 Å². The average molecular weight is 193 g/mol. The van der Waals surface area contributed by atoms with Crippen molar-refractivity contribution in [3.05, 3.63) is 29.3 Å². The molecule has 14 heavy (non-hydrogen) atoms. The topological polar surface area (TPSA) is 67.2 Å². The quantitative estimate of drug-likeness (QED) is 0.660. The Kier molecular flexibility index (Phi) is 3.48. The highest BCUT2D eigenvalue weighted by atomic mass is 16.2. The van der Waals surface area contributed by atoms with Gasteiger partial charge in [0.05, 0.1) is 0 Å². The predicted molar refractivity (Wildman–Crippen MR) is 57.1 cm³/mol. The van der Waals surface area contributed by atoms with Crippen molar-refractivity contribution in [1.82, 2.24) is 5.32 Å². The van der Waals surface area contributed by atoms with Crippen molar-refractivity contribution in [2.75, 3.05) is 12.4 Å². The maximum absolute atomic E-state index is 11.1. The van der Waals surface area contributed by atoms with Crippen molar-refractivity contribution in [3.8, 4) is 0 Å². The molecule has 4 heteroatoms. The van der Waals surface area contributed by atoms with E-state index in [0.717, 1.165) is 16.8 Å². The highest BCUT2D eigenvalue weighted by Gasteiger charge is 2.02. The number of hydrogen-bond acceptors (Lipinski definition) is 2. The normalized spacial score (nSPS) is 9.64. The largest absolute Gasteiger partial charge is 0.341 e. The first kappa shape index (κ1) is 10.5. The molecule has 0 spiro atoms. The van der Waals surface area contributed by atoms with Crippen LogP contribution in [0.5, 0.6) is 0 Å². The summed E-state index contributed by atoms with van der Waals surface area (Å²) in [4.78, 5) is 11.1. The number of amides is 2. The Balaban J connectivity index is 2.89. The molecule has 1 aromatic rings. The highest BCUT2D eigenvalue weighted by molar-refractivity contribution is 5.89. The van der Waals surface area contributed by atoms with Gasteiger partial charge in [-0.05, 0) is 24.1 Å². The second kappa shape index (κ2) is 4.62. The van der Waals surface area contributed by atoms with Gasteiger partial charge in [0, 0.05) is 19.3 Å². The number of aryl methyl sites for hydroxylation is 1. The first-order valence-electron chi connectivity index (χ1n) is 4.45. The molecular formula is C10H15N3O. The van der Waals surface area contributed by atoms with Gasteiger partial charge < -0.3 is 16.4 Å². The molecule has 2 amide bonds. The van der Waals surface area contributed by atoms with Crippen LogP contribution in [0.2, 0.25) is 0 Å². The minimum atomic E-state index is -0.220. The van der Waals surface area contributed by atoms with Crippen molar-refractivity contribution >= 4 is 11.7 Å². The Morgan fingerprint density at radius 1 is 1.50 bits per heavy atom. The predicted octanol–water partition coefficient (Wildman–Crippen LogP) is 1.21. The second-order valence-electron chi connectivity index (χ2n) is 3.06. The average Bonchev–Trinajstić information content (AvgIpc) is 2.21. The van der Waals surface area contributed by atoms with E-state index >= 15 is 0 Å². The van der Waals surface area contributed by atoms with E-state index in [9.17, 15) is 4.79 Å². The van der Waals surface area contributed by atoms with Gasteiger partial charge in [-0.1, -0.05) is 12.1 Å². The van der Waals surface area contributed by atoms with E-state index in [-0.39, 0.29) is 6.03 Å². The van der Waals surface area contributed by atoms with Crippen LogP contribution in [0.4, 0.5) is 10.5 Å². The fourth-order valence-corrected chi connectivity index (χ4v) is 1.12. The van der Waals surface area contributed by atoms with Gasteiger partial charge in [0.2, 0.25) is 0 Å². The smallest absolute Gasteiger partial charge is 0.318 e. The van der Waals surface area contributed by atoms with E-state index in [0.29, 0.717) is 6.54 Å². The van der Waals surface area contributed by atoms with Crippen LogP contribution in [-0.2, 0) is 6.54 Å². The van der Waals surface area contributed by atoms with Crippen LogP contribution in [-0.4, -0.2) is 13.1 Å². The Labute approximate surface area is 83.5 Å². The third kappa shape index (κ3) is 2.47. The van der Waals surface area contributed by atoms with Gasteiger partial charge in [-0.15, -0.1) is 0 Å². The summed E-state index contributed by atoms with van der Waals surface area (Å²) < 4.78 is 0. The molecule has 1 aromatic carbocycles. The van der Waals surface area contributed by atoms with Crippen LogP contribution in [0.3, 0.4) is 0 Å². The van der Waals surface area contributed by atoms with Gasteiger partial charge in [0.25, 0.3) is 0 Å². The second-order valence-corrected chi connectivity index (χ2v) is 3.06. The van der Waals surface area contributed by atoms with E-state index in [1.165, 1.54) is 0 Å². The number of urea groups is 1. The molecule has 0 aliphatic heterocycles. The van der Waals surface area contributed by atoms with E-state index < -0.39 is 0 Å². The lowest BCUT2D eigenvalue weighted by molar-refractivity contribution is 0.254. The molecule has 0 bridgehead atoms. The minimum Gasteiger partial charge on any atom is -0.341 e. The van der Waals surface area contributed by atoms with Crippen LogP contribution in [0, 0.1) is 6.92 Å². The van der Waals surface area contributed by atoms with Crippen LogP contribution in [0.25, 0.3) is 0 Å². The molecule has 0 saturated carbocycles. The van der Waals surface area contributed by atoms with E-state index in [1.807, 2.05) is 25.1 Å². The summed E-state index contributed by atoms with van der Waals surface area (Å²) in [6.45, 7) is 2.41. The lowest BCUT2D eigenvalue weighted by Crippen LogP contribution is -2.24. The minimum absolute atomic E-state index is 0.220. The van der Waals surface area contributed by atoms with E-state index in [4.69, 9.17) is 5.73 Å². The fraction of sp³-hybridized carbons (Fsp3) is 0.300. The number of carbonyl (C=O) groups is 1. The summed E-state index contributed by atoms with van der Waals surface area (Å²) in [6, 6.07) is 5.55. The molecule has 0 radical (unpaired) electrons. The maximum Gasteiger partial charge on any atom is 0.318 e. The number of anilines is 1. The molecule has 4 nitrogen and oxygen atoms in total. The third-order valence-electron chi connectivity index (χ3n) is 2.01. The first-order valence-corrected chi connectivity index (χ1v) is 4.45. The molecule has 76 valence electrons. The summed E-state index contributed by atoms with van der Waals surface area (Å²) in [6.07, 6.45) is 0. The van der Waals surface area contributed by atoms with E-state index in [1.54, 1.807) is 7.05 Å². The lowest BCUT2D eigenvalue weighted by atomic mass is 10.1. The molecule has 0 aromatic heterocycles. The summed E-state index contributed by atoms with van der Waals surface area (Å²) in [7, 11) is 1.58. The zero-order valence-electron chi connectivity index (χ0n) is 8.42. The molecule has 0 aliphatic rings. The van der Waals surface area contributed by atoms with Crippen molar-refractivity contribution in [2.45, 2.75) is 13.5 Å². The van der Waals surface area contributed by atoms with Crippen molar-refractivity contribution < 1.29 is 4.79 Å². The Morgan fingerprint density at radius 3 is 2.79 bits per heavy atom. The Hall–Kier alpha value is -1.55. The Bertz CT molecular complexity index is 336. The number of nitrogens with one attached hydrogen (secondary N) is 2. The molecular weight excluding hydrogens is 178 g/mol. The monoisotopic (exact) mass is 193 g/mol. The van der Waals surface area contributed by atoms with E-state index in [2.05, 4.69) is 10.6 Å². The summed E-state index contributed by atoms with van der Waals surface area (Å²) >= 11 is 0. The molecule has 0 aliphatic carbocycles. The van der Waals surface area contributed by atoms with Crippen LogP contribution in [0.15, 0.2) is 18.2 Å². The van der Waals surface area contributed by atoms with Crippen LogP contribution < -0.4 is 16.4 Å². The van der Waals surface area contributed by atoms with Crippen molar-refractivity contribution in [3.63, 3.8) is 0 Å². The number of nitrogens with two attached hydrogens (primary N) is 1. The third-order valence-corrected chi connectivity index (χ3v) is 2.01. The zero-order valence-corrected chi connectivity index (χ0v) is 8.42. The zero-order chi connectivity index (χ0) is 10.6.